The molecule has 2 rings (SSSR count). The first-order chi connectivity index (χ1) is 8.67. The van der Waals surface area contributed by atoms with Gasteiger partial charge in [-0.1, -0.05) is 43.7 Å². The Labute approximate surface area is 108 Å². The second-order valence-electron chi connectivity index (χ2n) is 5.24. The molecule has 0 heterocycles. The van der Waals surface area contributed by atoms with Crippen molar-refractivity contribution in [3.05, 3.63) is 35.9 Å². The molecule has 18 heavy (non-hydrogen) atoms. The molecule has 0 spiro atoms. The highest BCUT2D eigenvalue weighted by Gasteiger charge is 2.35. The molecule has 2 N–H and O–H groups in total. The van der Waals surface area contributed by atoms with Gasteiger partial charge in [-0.05, 0) is 30.2 Å². The minimum Gasteiger partial charge on any atom is -0.378 e. The van der Waals surface area contributed by atoms with Crippen molar-refractivity contribution in [3.63, 3.8) is 0 Å². The van der Waals surface area contributed by atoms with E-state index in [1.807, 2.05) is 18.2 Å². The summed E-state index contributed by atoms with van der Waals surface area (Å²) in [6.45, 7) is 2.85. The number of aliphatic hydroxyl groups excluding tert-OH is 1. The van der Waals surface area contributed by atoms with Crippen LogP contribution in [0.15, 0.2) is 30.3 Å². The van der Waals surface area contributed by atoms with Gasteiger partial charge in [0, 0.05) is 6.54 Å². The summed E-state index contributed by atoms with van der Waals surface area (Å²) in [6, 6.07) is 9.05. The van der Waals surface area contributed by atoms with Crippen LogP contribution in [0.1, 0.15) is 44.3 Å². The van der Waals surface area contributed by atoms with Crippen LogP contribution in [-0.4, -0.2) is 17.6 Å². The van der Waals surface area contributed by atoms with Crippen LogP contribution in [0.4, 0.5) is 0 Å². The zero-order valence-electron chi connectivity index (χ0n) is 10.9. The van der Waals surface area contributed by atoms with Gasteiger partial charge in [-0.15, -0.1) is 0 Å². The molecule has 0 radical (unpaired) electrons. The Kier molecular flexibility index (Phi) is 4.02. The first kappa shape index (κ1) is 13.1. The minimum atomic E-state index is -1.06. The Hall–Kier alpha value is -1.35. The zero-order chi connectivity index (χ0) is 13.0. The third-order valence-electron chi connectivity index (χ3n) is 4.17. The van der Waals surface area contributed by atoms with E-state index in [-0.39, 0.29) is 11.3 Å². The van der Waals surface area contributed by atoms with Crippen LogP contribution in [0.5, 0.6) is 0 Å². The molecular formula is C15H21NO2. The van der Waals surface area contributed by atoms with Crippen molar-refractivity contribution in [3.8, 4) is 0 Å². The Balaban J connectivity index is 1.88. The number of aliphatic hydroxyl groups is 1. The van der Waals surface area contributed by atoms with Gasteiger partial charge < -0.3 is 10.4 Å². The van der Waals surface area contributed by atoms with E-state index in [2.05, 4.69) is 12.2 Å². The number of nitrogens with one attached hydrogen (secondary N) is 1. The molecule has 1 aliphatic carbocycles. The summed E-state index contributed by atoms with van der Waals surface area (Å²) in [5.41, 5.74) is 0.931. The Morgan fingerprint density at radius 1 is 1.39 bits per heavy atom. The van der Waals surface area contributed by atoms with E-state index >= 15 is 0 Å². The summed E-state index contributed by atoms with van der Waals surface area (Å²) < 4.78 is 0. The maximum Gasteiger partial charge on any atom is 0.253 e. The number of rotatable bonds is 5. The quantitative estimate of drug-likeness (QED) is 0.839. The van der Waals surface area contributed by atoms with E-state index in [0.29, 0.717) is 12.1 Å². The fraction of sp³-hybridized carbons (Fsp3) is 0.533. The van der Waals surface area contributed by atoms with Gasteiger partial charge in [-0.25, -0.2) is 0 Å². The van der Waals surface area contributed by atoms with E-state index in [4.69, 9.17) is 0 Å². The number of benzene rings is 1. The largest absolute Gasteiger partial charge is 0.378 e. The molecule has 1 unspecified atom stereocenters. The predicted molar refractivity (Wildman–Crippen MR) is 71.0 cm³/mol. The van der Waals surface area contributed by atoms with E-state index < -0.39 is 6.10 Å². The van der Waals surface area contributed by atoms with Crippen molar-refractivity contribution in [1.82, 2.24) is 5.32 Å². The van der Waals surface area contributed by atoms with Crippen LogP contribution in [-0.2, 0) is 4.79 Å². The standard InChI is InChI=1S/C15H21NO2/c1-2-15(9-6-10-15)11-16-14(18)13(17)12-7-4-3-5-8-12/h3-5,7-8,13,17H,2,6,9-11H2,1H3,(H,16,18). The third kappa shape index (κ3) is 2.72. The number of carbonyl (C=O) groups excluding carboxylic acids is 1. The van der Waals surface area contributed by atoms with Crippen molar-refractivity contribution in [2.45, 2.75) is 38.7 Å². The highest BCUT2D eigenvalue weighted by Crippen LogP contribution is 2.43. The van der Waals surface area contributed by atoms with Crippen LogP contribution < -0.4 is 5.32 Å². The van der Waals surface area contributed by atoms with Crippen LogP contribution in [0, 0.1) is 5.41 Å². The van der Waals surface area contributed by atoms with Gasteiger partial charge in [-0.2, -0.15) is 0 Å². The summed E-state index contributed by atoms with van der Waals surface area (Å²) in [7, 11) is 0. The van der Waals surface area contributed by atoms with Crippen molar-refractivity contribution in [2.24, 2.45) is 5.41 Å². The predicted octanol–water partition coefficient (Wildman–Crippen LogP) is 2.42. The molecule has 1 fully saturated rings. The molecular weight excluding hydrogens is 226 g/mol. The van der Waals surface area contributed by atoms with Crippen LogP contribution >= 0.6 is 0 Å². The molecule has 1 saturated carbocycles. The molecule has 1 aromatic carbocycles. The monoisotopic (exact) mass is 247 g/mol. The molecule has 0 bridgehead atoms. The lowest BCUT2D eigenvalue weighted by molar-refractivity contribution is -0.130. The highest BCUT2D eigenvalue weighted by atomic mass is 16.3. The number of amides is 1. The second kappa shape index (κ2) is 5.53. The van der Waals surface area contributed by atoms with E-state index in [1.165, 1.54) is 19.3 Å². The van der Waals surface area contributed by atoms with Crippen molar-refractivity contribution >= 4 is 5.91 Å². The topological polar surface area (TPSA) is 49.3 Å². The maximum atomic E-state index is 11.9. The van der Waals surface area contributed by atoms with Crippen LogP contribution in [0.2, 0.25) is 0 Å². The van der Waals surface area contributed by atoms with E-state index in [9.17, 15) is 9.90 Å². The lowest BCUT2D eigenvalue weighted by atomic mass is 9.67. The lowest BCUT2D eigenvalue weighted by Crippen LogP contribution is -2.43. The maximum absolute atomic E-state index is 11.9. The average molecular weight is 247 g/mol. The van der Waals surface area contributed by atoms with Gasteiger partial charge in [-0.3, -0.25) is 4.79 Å². The Morgan fingerprint density at radius 2 is 2.06 bits per heavy atom. The molecule has 1 aliphatic rings. The number of hydrogen-bond donors (Lipinski definition) is 2. The van der Waals surface area contributed by atoms with Gasteiger partial charge >= 0.3 is 0 Å². The van der Waals surface area contributed by atoms with E-state index in [1.54, 1.807) is 12.1 Å². The first-order valence-corrected chi connectivity index (χ1v) is 6.68. The molecule has 1 atom stereocenters. The molecule has 0 aromatic heterocycles. The van der Waals surface area contributed by atoms with Crippen molar-refractivity contribution < 1.29 is 9.90 Å². The fourth-order valence-electron chi connectivity index (χ4n) is 2.49. The Morgan fingerprint density at radius 3 is 2.56 bits per heavy atom. The van der Waals surface area contributed by atoms with Gasteiger partial charge in [0.25, 0.3) is 5.91 Å². The van der Waals surface area contributed by atoms with E-state index in [0.717, 1.165) is 6.42 Å². The summed E-state index contributed by atoms with van der Waals surface area (Å²) in [6.07, 6.45) is 3.66. The number of carbonyl (C=O) groups is 1. The molecule has 0 saturated heterocycles. The SMILES string of the molecule is CCC1(CNC(=O)C(O)c2ccccc2)CCC1. The summed E-state index contributed by atoms with van der Waals surface area (Å²) >= 11 is 0. The molecule has 1 amide bonds. The third-order valence-corrected chi connectivity index (χ3v) is 4.17. The number of hydrogen-bond acceptors (Lipinski definition) is 2. The van der Waals surface area contributed by atoms with Crippen molar-refractivity contribution in [2.75, 3.05) is 6.54 Å². The highest BCUT2D eigenvalue weighted by molar-refractivity contribution is 5.81. The first-order valence-electron chi connectivity index (χ1n) is 6.68. The summed E-state index contributed by atoms with van der Waals surface area (Å²) in [5, 5.41) is 12.8. The molecule has 0 aliphatic heterocycles. The van der Waals surface area contributed by atoms with Crippen molar-refractivity contribution in [1.29, 1.82) is 0 Å². The zero-order valence-corrected chi connectivity index (χ0v) is 10.9. The molecule has 3 nitrogen and oxygen atoms in total. The van der Waals surface area contributed by atoms with Crippen LogP contribution in [0.25, 0.3) is 0 Å². The fourth-order valence-corrected chi connectivity index (χ4v) is 2.49. The smallest absolute Gasteiger partial charge is 0.253 e. The lowest BCUT2D eigenvalue weighted by Gasteiger charge is -2.41. The molecule has 98 valence electrons. The molecule has 3 heteroatoms. The van der Waals surface area contributed by atoms with Gasteiger partial charge in [0.1, 0.15) is 0 Å². The minimum absolute atomic E-state index is 0.284. The Bertz CT molecular complexity index is 393. The van der Waals surface area contributed by atoms with Gasteiger partial charge in [0.2, 0.25) is 0 Å². The molecule has 1 aromatic rings. The second-order valence-corrected chi connectivity index (χ2v) is 5.24. The van der Waals surface area contributed by atoms with Crippen LogP contribution in [0.3, 0.4) is 0 Å². The summed E-state index contributed by atoms with van der Waals surface area (Å²) in [5.74, 6) is -0.291. The van der Waals surface area contributed by atoms with Gasteiger partial charge in [0.05, 0.1) is 0 Å². The summed E-state index contributed by atoms with van der Waals surface area (Å²) in [4.78, 5) is 11.9. The van der Waals surface area contributed by atoms with Gasteiger partial charge in [0.15, 0.2) is 6.10 Å². The average Bonchev–Trinajstić information content (AvgIpc) is 2.38. The normalized spacial score (nSPS) is 18.8.